The molecule has 1 aliphatic heterocycles. The van der Waals surface area contributed by atoms with Crippen LogP contribution in [0.4, 0.5) is 0 Å². The Hall–Kier alpha value is -0.570. The van der Waals surface area contributed by atoms with Gasteiger partial charge in [0.25, 0.3) is 0 Å². The van der Waals surface area contributed by atoms with Crippen LogP contribution in [0.5, 0.6) is 0 Å². The highest BCUT2D eigenvalue weighted by Crippen LogP contribution is 2.12. The van der Waals surface area contributed by atoms with Crippen molar-refractivity contribution in [2.45, 2.75) is 64.8 Å². The van der Waals surface area contributed by atoms with Gasteiger partial charge in [0.05, 0.1) is 0 Å². The summed E-state index contributed by atoms with van der Waals surface area (Å²) >= 11 is 0. The molecule has 0 saturated carbocycles. The Morgan fingerprint density at radius 2 is 2.18 bits per heavy atom. The van der Waals surface area contributed by atoms with Crippen molar-refractivity contribution in [1.29, 1.82) is 0 Å². The zero-order chi connectivity index (χ0) is 12.5. The minimum absolute atomic E-state index is 0.366. The Morgan fingerprint density at radius 3 is 2.82 bits per heavy atom. The van der Waals surface area contributed by atoms with E-state index in [9.17, 15) is 4.79 Å². The van der Waals surface area contributed by atoms with Crippen molar-refractivity contribution in [3.05, 3.63) is 0 Å². The molecule has 17 heavy (non-hydrogen) atoms. The normalized spacial score (nSPS) is 18.5. The molecule has 1 atom stereocenters. The van der Waals surface area contributed by atoms with Crippen molar-refractivity contribution in [2.75, 3.05) is 19.6 Å². The zero-order valence-corrected chi connectivity index (χ0v) is 11.5. The van der Waals surface area contributed by atoms with Gasteiger partial charge in [0.15, 0.2) is 0 Å². The summed E-state index contributed by atoms with van der Waals surface area (Å²) in [6, 6.07) is 0.634. The summed E-state index contributed by atoms with van der Waals surface area (Å²) in [6.07, 6.45) is 7.77. The molecule has 1 unspecified atom stereocenters. The molecule has 3 nitrogen and oxygen atoms in total. The van der Waals surface area contributed by atoms with Crippen molar-refractivity contribution in [1.82, 2.24) is 10.2 Å². The Bertz CT molecular complexity index is 218. The zero-order valence-electron chi connectivity index (χ0n) is 11.5. The van der Waals surface area contributed by atoms with Gasteiger partial charge in [0.1, 0.15) is 0 Å². The molecule has 0 aromatic carbocycles. The van der Waals surface area contributed by atoms with Crippen LogP contribution in [0.25, 0.3) is 0 Å². The lowest BCUT2D eigenvalue weighted by molar-refractivity contribution is -0.133. The number of rotatable bonds is 8. The van der Waals surface area contributed by atoms with Crippen LogP contribution in [0.1, 0.15) is 58.8 Å². The van der Waals surface area contributed by atoms with Gasteiger partial charge in [-0.05, 0) is 45.1 Å². The van der Waals surface area contributed by atoms with Crippen LogP contribution >= 0.6 is 0 Å². The van der Waals surface area contributed by atoms with Gasteiger partial charge in [0.2, 0.25) is 5.91 Å². The van der Waals surface area contributed by atoms with Gasteiger partial charge in [-0.1, -0.05) is 13.8 Å². The fraction of sp³-hybridized carbons (Fsp3) is 0.929. The van der Waals surface area contributed by atoms with Crippen LogP contribution in [0.3, 0.4) is 0 Å². The maximum Gasteiger partial charge on any atom is 0.222 e. The first-order valence-corrected chi connectivity index (χ1v) is 7.29. The maximum atomic E-state index is 11.6. The monoisotopic (exact) mass is 240 g/mol. The number of hydrogen-bond acceptors (Lipinski definition) is 2. The molecule has 0 spiro atoms. The highest BCUT2D eigenvalue weighted by molar-refractivity contribution is 5.76. The average molecular weight is 240 g/mol. The Labute approximate surface area is 106 Å². The van der Waals surface area contributed by atoms with E-state index in [1.807, 2.05) is 0 Å². The number of hydrogen-bond donors (Lipinski definition) is 1. The third kappa shape index (κ3) is 5.53. The number of piperidine rings is 1. The summed E-state index contributed by atoms with van der Waals surface area (Å²) in [7, 11) is 0. The molecule has 1 heterocycles. The fourth-order valence-corrected chi connectivity index (χ4v) is 2.43. The first-order valence-electron chi connectivity index (χ1n) is 7.29. The minimum atomic E-state index is 0.366. The molecule has 1 aliphatic rings. The lowest BCUT2D eigenvalue weighted by Gasteiger charge is -2.27. The van der Waals surface area contributed by atoms with Crippen LogP contribution in [0.15, 0.2) is 0 Å². The third-order valence-electron chi connectivity index (χ3n) is 3.58. The lowest BCUT2D eigenvalue weighted by Crippen LogP contribution is -2.37. The molecule has 0 aromatic heterocycles. The highest BCUT2D eigenvalue weighted by Gasteiger charge is 2.17. The molecule has 0 radical (unpaired) electrons. The van der Waals surface area contributed by atoms with Crippen LogP contribution in [-0.4, -0.2) is 36.5 Å². The summed E-state index contributed by atoms with van der Waals surface area (Å²) in [4.78, 5) is 13.7. The second-order valence-electron chi connectivity index (χ2n) is 5.04. The van der Waals surface area contributed by atoms with Gasteiger partial charge in [-0.25, -0.2) is 0 Å². The van der Waals surface area contributed by atoms with Gasteiger partial charge in [0, 0.05) is 25.6 Å². The molecule has 100 valence electrons. The molecular formula is C14H28N2O. The number of likely N-dealkylation sites (tertiary alicyclic amines) is 1. The van der Waals surface area contributed by atoms with E-state index in [1.165, 1.54) is 25.7 Å². The van der Waals surface area contributed by atoms with E-state index in [-0.39, 0.29) is 0 Å². The highest BCUT2D eigenvalue weighted by atomic mass is 16.2. The molecule has 1 amide bonds. The number of carbonyl (C=O) groups excluding carboxylic acids is 1. The van der Waals surface area contributed by atoms with Crippen molar-refractivity contribution in [3.63, 3.8) is 0 Å². The van der Waals surface area contributed by atoms with Crippen LogP contribution in [0.2, 0.25) is 0 Å². The second kappa shape index (κ2) is 8.51. The molecule has 3 heteroatoms. The smallest absolute Gasteiger partial charge is 0.222 e. The van der Waals surface area contributed by atoms with Gasteiger partial charge in [-0.2, -0.15) is 0 Å². The lowest BCUT2D eigenvalue weighted by atomic mass is 10.1. The van der Waals surface area contributed by atoms with Crippen molar-refractivity contribution in [2.24, 2.45) is 0 Å². The molecule has 1 rings (SSSR count). The Kier molecular flexibility index (Phi) is 7.25. The predicted octanol–water partition coefficient (Wildman–Crippen LogP) is 2.56. The van der Waals surface area contributed by atoms with Gasteiger partial charge < -0.3 is 10.2 Å². The topological polar surface area (TPSA) is 32.3 Å². The van der Waals surface area contributed by atoms with Gasteiger partial charge >= 0.3 is 0 Å². The van der Waals surface area contributed by atoms with E-state index in [2.05, 4.69) is 24.1 Å². The van der Waals surface area contributed by atoms with E-state index in [0.29, 0.717) is 11.9 Å². The Balaban J connectivity index is 2.14. The Morgan fingerprint density at radius 1 is 1.35 bits per heavy atom. The van der Waals surface area contributed by atoms with Crippen LogP contribution < -0.4 is 5.32 Å². The van der Waals surface area contributed by atoms with E-state index < -0.39 is 0 Å². The first-order chi connectivity index (χ1) is 8.27. The van der Waals surface area contributed by atoms with Crippen molar-refractivity contribution < 1.29 is 4.79 Å². The van der Waals surface area contributed by atoms with Crippen LogP contribution in [0, 0.1) is 0 Å². The summed E-state index contributed by atoms with van der Waals surface area (Å²) in [5.41, 5.74) is 0. The molecule has 1 fully saturated rings. The summed E-state index contributed by atoms with van der Waals surface area (Å²) < 4.78 is 0. The summed E-state index contributed by atoms with van der Waals surface area (Å²) in [5, 5.41) is 3.56. The minimum Gasteiger partial charge on any atom is -0.343 e. The molecule has 1 N–H and O–H groups in total. The largest absolute Gasteiger partial charge is 0.343 e. The van der Waals surface area contributed by atoms with Crippen molar-refractivity contribution in [3.8, 4) is 0 Å². The molecular weight excluding hydrogens is 212 g/mol. The van der Waals surface area contributed by atoms with E-state index in [0.717, 1.165) is 38.9 Å². The van der Waals surface area contributed by atoms with Crippen LogP contribution in [-0.2, 0) is 4.79 Å². The molecule has 0 aromatic rings. The quantitative estimate of drug-likeness (QED) is 0.707. The number of carbonyl (C=O) groups is 1. The van der Waals surface area contributed by atoms with Gasteiger partial charge in [-0.3, -0.25) is 4.79 Å². The molecule has 0 bridgehead atoms. The van der Waals surface area contributed by atoms with E-state index in [4.69, 9.17) is 0 Å². The van der Waals surface area contributed by atoms with E-state index in [1.54, 1.807) is 0 Å². The summed E-state index contributed by atoms with van der Waals surface area (Å²) in [6.45, 7) is 7.49. The second-order valence-corrected chi connectivity index (χ2v) is 5.04. The third-order valence-corrected chi connectivity index (χ3v) is 3.58. The van der Waals surface area contributed by atoms with Gasteiger partial charge in [-0.15, -0.1) is 0 Å². The standard InChI is InChI=1S/C14H28N2O/c1-3-10-15-13(4-2)8-7-12-16-11-6-5-9-14(16)17/h13,15H,3-12H2,1-2H3. The van der Waals surface area contributed by atoms with E-state index >= 15 is 0 Å². The average Bonchev–Trinajstić information content (AvgIpc) is 2.35. The predicted molar refractivity (Wildman–Crippen MR) is 72.0 cm³/mol. The number of nitrogens with zero attached hydrogens (tertiary/aromatic N) is 1. The number of amides is 1. The van der Waals surface area contributed by atoms with Crippen molar-refractivity contribution >= 4 is 5.91 Å². The maximum absolute atomic E-state index is 11.6. The SMILES string of the molecule is CCCNC(CC)CCCN1CCCCC1=O. The molecule has 0 aliphatic carbocycles. The fourth-order valence-electron chi connectivity index (χ4n) is 2.43. The first kappa shape index (κ1) is 14.5. The number of nitrogens with one attached hydrogen (secondary N) is 1. The molecule has 1 saturated heterocycles. The summed E-state index contributed by atoms with van der Waals surface area (Å²) in [5.74, 6) is 0.366.